The molecule has 4 nitrogen and oxygen atoms in total. The molecule has 1 N–H and O–H groups in total. The predicted octanol–water partition coefficient (Wildman–Crippen LogP) is -2.54. The van der Waals surface area contributed by atoms with Crippen molar-refractivity contribution < 1.29 is 48.7 Å². The Kier molecular flexibility index (Phi) is 5.78. The van der Waals surface area contributed by atoms with Crippen molar-refractivity contribution in [2.45, 2.75) is 4.90 Å². The summed E-state index contributed by atoms with van der Waals surface area (Å²) in [4.78, 5) is 0.0408. The third kappa shape index (κ3) is 3.76. The number of aliphatic hydroxyl groups excluding tert-OH is 1. The van der Waals surface area contributed by atoms with Gasteiger partial charge in [-0.2, -0.15) is 8.42 Å². The molecule has 1 aromatic rings. The quantitative estimate of drug-likeness (QED) is 0.340. The van der Waals surface area contributed by atoms with Gasteiger partial charge in [-0.3, -0.25) is 0 Å². The van der Waals surface area contributed by atoms with Gasteiger partial charge in [-0.05, 0) is 12.1 Å². The normalized spacial score (nSPS) is 10.5. The Morgan fingerprint density at radius 2 is 1.85 bits per heavy atom. The molecule has 6 heteroatoms. The second kappa shape index (κ2) is 5.74. The molecule has 0 heterocycles. The number of hydrogen-bond donors (Lipinski definition) is 1. The summed E-state index contributed by atoms with van der Waals surface area (Å²) in [5.74, 6) is 0. The number of benzene rings is 1. The summed E-state index contributed by atoms with van der Waals surface area (Å²) >= 11 is 0. The summed E-state index contributed by atoms with van der Waals surface area (Å²) < 4.78 is 26.2. The number of aliphatic hydroxyl groups is 1. The van der Waals surface area contributed by atoms with Gasteiger partial charge in [-0.15, -0.1) is 0 Å². The van der Waals surface area contributed by atoms with Crippen molar-refractivity contribution in [1.29, 1.82) is 0 Å². The van der Waals surface area contributed by atoms with Gasteiger partial charge in [0.1, 0.15) is 0 Å². The van der Waals surface area contributed by atoms with Crippen molar-refractivity contribution in [1.82, 2.24) is 0 Å². The minimum Gasteiger partial charge on any atom is -1.00 e. The molecule has 0 aromatic heterocycles. The summed E-state index contributed by atoms with van der Waals surface area (Å²) in [6.45, 7) is -0.836. The molecule has 0 bridgehead atoms. The SMILES string of the molecule is O=S(=O)(OCO)c1ccccc1.[H-].[Na+]. The molecule has 0 aliphatic rings. The first kappa shape index (κ1) is 13.1. The molecule has 13 heavy (non-hydrogen) atoms. The zero-order valence-corrected chi connectivity index (χ0v) is 9.99. The topological polar surface area (TPSA) is 63.6 Å². The summed E-state index contributed by atoms with van der Waals surface area (Å²) in [6.07, 6.45) is 0. The number of hydrogen-bond acceptors (Lipinski definition) is 4. The molecular formula is C7H9NaO4S. The standard InChI is InChI=1S/C7H8O4S.Na.H/c8-6-11-12(9,10)7-4-2-1-3-5-7;;/h1-5,8H,6H2;;/q;+1;-1. The summed E-state index contributed by atoms with van der Waals surface area (Å²) in [5.41, 5.74) is 0. The monoisotopic (exact) mass is 212 g/mol. The maximum atomic E-state index is 11.0. The van der Waals surface area contributed by atoms with Gasteiger partial charge < -0.3 is 6.53 Å². The van der Waals surface area contributed by atoms with Crippen LogP contribution in [0.1, 0.15) is 1.43 Å². The maximum Gasteiger partial charge on any atom is 1.00 e. The zero-order valence-electron chi connectivity index (χ0n) is 8.17. The molecule has 1 rings (SSSR count). The maximum absolute atomic E-state index is 11.0. The second-order valence-electron chi connectivity index (χ2n) is 2.01. The van der Waals surface area contributed by atoms with Gasteiger partial charge >= 0.3 is 29.6 Å². The van der Waals surface area contributed by atoms with E-state index in [1.807, 2.05) is 0 Å². The Morgan fingerprint density at radius 1 is 1.31 bits per heavy atom. The van der Waals surface area contributed by atoms with Crippen LogP contribution in [0.4, 0.5) is 0 Å². The smallest absolute Gasteiger partial charge is 1.00 e. The molecular weight excluding hydrogens is 203 g/mol. The van der Waals surface area contributed by atoms with Gasteiger partial charge in [-0.1, -0.05) is 18.2 Å². The van der Waals surface area contributed by atoms with E-state index in [2.05, 4.69) is 4.18 Å². The third-order valence-electron chi connectivity index (χ3n) is 1.24. The summed E-state index contributed by atoms with van der Waals surface area (Å²) in [5, 5.41) is 8.26. The van der Waals surface area contributed by atoms with Gasteiger partial charge in [0.05, 0.1) is 4.90 Å². The predicted molar refractivity (Wildman–Crippen MR) is 42.9 cm³/mol. The van der Waals surface area contributed by atoms with Crippen LogP contribution in [0.5, 0.6) is 0 Å². The van der Waals surface area contributed by atoms with Crippen LogP contribution >= 0.6 is 0 Å². The first-order chi connectivity index (χ1) is 5.67. The van der Waals surface area contributed by atoms with E-state index in [4.69, 9.17) is 5.11 Å². The van der Waals surface area contributed by atoms with Crippen LogP contribution < -0.4 is 29.6 Å². The van der Waals surface area contributed by atoms with E-state index in [-0.39, 0.29) is 35.9 Å². The molecule has 68 valence electrons. The molecule has 0 saturated carbocycles. The third-order valence-corrected chi connectivity index (χ3v) is 2.50. The minimum absolute atomic E-state index is 0. The van der Waals surface area contributed by atoms with E-state index < -0.39 is 16.9 Å². The Balaban J connectivity index is 0. The first-order valence-corrected chi connectivity index (χ1v) is 4.63. The summed E-state index contributed by atoms with van der Waals surface area (Å²) in [6, 6.07) is 7.63. The molecule has 0 fully saturated rings. The molecule has 0 radical (unpaired) electrons. The Bertz CT molecular complexity index is 340. The average Bonchev–Trinajstić information content (AvgIpc) is 2.06. The van der Waals surface area contributed by atoms with Crippen molar-refractivity contribution in [3.05, 3.63) is 30.3 Å². The van der Waals surface area contributed by atoms with Crippen LogP contribution in [-0.4, -0.2) is 20.3 Å². The molecule has 0 aliphatic carbocycles. The van der Waals surface area contributed by atoms with Crippen molar-refractivity contribution >= 4 is 10.1 Å². The van der Waals surface area contributed by atoms with E-state index >= 15 is 0 Å². The minimum atomic E-state index is -3.76. The van der Waals surface area contributed by atoms with Crippen LogP contribution in [0.2, 0.25) is 0 Å². The van der Waals surface area contributed by atoms with Gasteiger partial charge in [0.2, 0.25) is 0 Å². The molecule has 0 unspecified atom stereocenters. The molecule has 0 saturated heterocycles. The summed E-state index contributed by atoms with van der Waals surface area (Å²) in [7, 11) is -3.76. The van der Waals surface area contributed by atoms with Gasteiger partial charge in [0, 0.05) is 0 Å². The molecule has 0 spiro atoms. The molecule has 0 aliphatic heterocycles. The fourth-order valence-electron chi connectivity index (χ4n) is 0.725. The van der Waals surface area contributed by atoms with Crippen LogP contribution in [0.3, 0.4) is 0 Å². The van der Waals surface area contributed by atoms with Crippen LogP contribution in [0.25, 0.3) is 0 Å². The van der Waals surface area contributed by atoms with Crippen molar-refractivity contribution in [2.75, 3.05) is 6.79 Å². The molecule has 0 atom stereocenters. The fraction of sp³-hybridized carbons (Fsp3) is 0.143. The van der Waals surface area contributed by atoms with Crippen molar-refractivity contribution in [2.24, 2.45) is 0 Å². The van der Waals surface area contributed by atoms with E-state index in [0.29, 0.717) is 0 Å². The largest absolute Gasteiger partial charge is 1.00 e. The van der Waals surface area contributed by atoms with E-state index in [0.717, 1.165) is 0 Å². The fourth-order valence-corrected chi connectivity index (χ4v) is 1.49. The second-order valence-corrected chi connectivity index (χ2v) is 3.63. The van der Waals surface area contributed by atoms with Crippen LogP contribution in [-0.2, 0) is 14.3 Å². The van der Waals surface area contributed by atoms with Gasteiger partial charge in [0.25, 0.3) is 10.1 Å². The molecule has 1 aromatic carbocycles. The van der Waals surface area contributed by atoms with E-state index in [1.165, 1.54) is 12.1 Å². The number of rotatable bonds is 3. The Labute approximate surface area is 100 Å². The zero-order chi connectivity index (χ0) is 9.03. The van der Waals surface area contributed by atoms with Gasteiger partial charge in [-0.25, -0.2) is 4.18 Å². The van der Waals surface area contributed by atoms with Crippen LogP contribution in [0, 0.1) is 0 Å². The van der Waals surface area contributed by atoms with Crippen LogP contribution in [0.15, 0.2) is 35.2 Å². The van der Waals surface area contributed by atoms with Crippen molar-refractivity contribution in [3.63, 3.8) is 0 Å². The Hall–Kier alpha value is 0.0900. The van der Waals surface area contributed by atoms with Gasteiger partial charge in [0.15, 0.2) is 6.79 Å². The van der Waals surface area contributed by atoms with Crippen molar-refractivity contribution in [3.8, 4) is 0 Å². The average molecular weight is 212 g/mol. The Morgan fingerprint density at radius 3 is 2.31 bits per heavy atom. The first-order valence-electron chi connectivity index (χ1n) is 3.22. The molecule has 0 amide bonds. The van der Waals surface area contributed by atoms with E-state index in [9.17, 15) is 8.42 Å². The van der Waals surface area contributed by atoms with E-state index in [1.54, 1.807) is 18.2 Å².